The molecule has 0 bridgehead atoms. The Morgan fingerprint density at radius 2 is 1.89 bits per heavy atom. The monoisotopic (exact) mass is 533 g/mol. The van der Waals surface area contributed by atoms with E-state index in [1.54, 1.807) is 42.5 Å². The maximum Gasteiger partial charge on any atom is 0.290 e. The van der Waals surface area contributed by atoms with Crippen molar-refractivity contribution in [1.29, 1.82) is 0 Å². The number of methoxy groups -OCH3 is 1. The van der Waals surface area contributed by atoms with E-state index in [2.05, 4.69) is 5.32 Å². The predicted octanol–water partition coefficient (Wildman–Crippen LogP) is 2.82. The molecule has 0 spiro atoms. The first-order valence-corrected chi connectivity index (χ1v) is 13.5. The van der Waals surface area contributed by atoms with Crippen LogP contribution in [0.2, 0.25) is 0 Å². The number of benzene rings is 2. The quantitative estimate of drug-likeness (QED) is 0.354. The van der Waals surface area contributed by atoms with E-state index in [1.807, 2.05) is 13.8 Å². The molecule has 1 aliphatic rings. The Balaban J connectivity index is 1.66. The number of ether oxygens (including phenoxy) is 3. The fourth-order valence-electron chi connectivity index (χ4n) is 3.85. The van der Waals surface area contributed by atoms with Crippen molar-refractivity contribution in [3.63, 3.8) is 0 Å². The van der Waals surface area contributed by atoms with Crippen LogP contribution >= 0.6 is 0 Å². The number of sulfonamides is 1. The van der Waals surface area contributed by atoms with Gasteiger partial charge in [0, 0.05) is 19.5 Å². The number of hydrogen-bond donors (Lipinski definition) is 3. The van der Waals surface area contributed by atoms with Crippen molar-refractivity contribution in [1.82, 2.24) is 4.31 Å². The van der Waals surface area contributed by atoms with Crippen LogP contribution in [0, 0.1) is 11.8 Å². The average Bonchev–Trinajstić information content (AvgIpc) is 2.89. The van der Waals surface area contributed by atoms with Crippen molar-refractivity contribution in [2.45, 2.75) is 31.5 Å². The summed E-state index contributed by atoms with van der Waals surface area (Å²) in [6, 6.07) is 12.9. The number of rotatable bonds is 12. The Morgan fingerprint density at radius 3 is 2.51 bits per heavy atom. The molecule has 11 heteroatoms. The molecular formula is C26H35N3O7S. The van der Waals surface area contributed by atoms with Crippen LogP contribution in [0.25, 0.3) is 0 Å². The van der Waals surface area contributed by atoms with Gasteiger partial charge in [0.2, 0.25) is 16.3 Å². The summed E-state index contributed by atoms with van der Waals surface area (Å²) in [5, 5.41) is 12.2. The molecular weight excluding hydrogens is 498 g/mol. The van der Waals surface area contributed by atoms with Crippen LogP contribution in [0.15, 0.2) is 65.3 Å². The van der Waals surface area contributed by atoms with Gasteiger partial charge in [-0.3, -0.25) is 4.79 Å². The molecule has 2 unspecified atom stereocenters. The number of amides is 1. The van der Waals surface area contributed by atoms with E-state index in [-0.39, 0.29) is 48.8 Å². The standard InChI is InChI=1S/C26H35N3O7S/c1-18(2)19-16-24(26(31)28-23-7-5-4-6-22(23)27)36-25(17-19)35-15-13-29(12-14-30)37(32,33)21-10-8-20(34-3)9-11-21/h4-11,16,18-19,25,30H,12-15,17,27H2,1-3H3,(H,28,31). The molecule has 1 aliphatic heterocycles. The molecule has 2 aromatic carbocycles. The molecule has 4 N–H and O–H groups in total. The smallest absolute Gasteiger partial charge is 0.290 e. The maximum absolute atomic E-state index is 13.1. The lowest BCUT2D eigenvalue weighted by Crippen LogP contribution is -2.38. The van der Waals surface area contributed by atoms with Crippen LogP contribution in [-0.2, 0) is 24.3 Å². The van der Waals surface area contributed by atoms with Gasteiger partial charge in [0.25, 0.3) is 5.91 Å². The summed E-state index contributed by atoms with van der Waals surface area (Å²) in [5.74, 6) is 0.454. The molecule has 2 aromatic rings. The van der Waals surface area contributed by atoms with Gasteiger partial charge in [0.05, 0.1) is 36.6 Å². The van der Waals surface area contributed by atoms with E-state index < -0.39 is 22.2 Å². The zero-order valence-electron chi connectivity index (χ0n) is 21.3. The van der Waals surface area contributed by atoms with Crippen molar-refractivity contribution in [3.8, 4) is 5.75 Å². The largest absolute Gasteiger partial charge is 0.497 e. The normalized spacial score (nSPS) is 17.8. The minimum Gasteiger partial charge on any atom is -0.497 e. The minimum absolute atomic E-state index is 0.00536. The zero-order chi connectivity index (χ0) is 27.0. The first-order valence-electron chi connectivity index (χ1n) is 12.1. The van der Waals surface area contributed by atoms with Crippen molar-refractivity contribution in [2.24, 2.45) is 11.8 Å². The molecule has 0 saturated carbocycles. The number of aliphatic hydroxyl groups excluding tert-OH is 1. The molecule has 0 fully saturated rings. The second-order valence-electron chi connectivity index (χ2n) is 8.94. The Bertz CT molecular complexity index is 1180. The highest BCUT2D eigenvalue weighted by molar-refractivity contribution is 7.89. The Kier molecular flexibility index (Phi) is 9.93. The number of carbonyl (C=O) groups is 1. The maximum atomic E-state index is 13.1. The molecule has 10 nitrogen and oxygen atoms in total. The van der Waals surface area contributed by atoms with Gasteiger partial charge in [0.1, 0.15) is 5.75 Å². The summed E-state index contributed by atoms with van der Waals surface area (Å²) in [6.07, 6.45) is 1.55. The van der Waals surface area contributed by atoms with Crippen LogP contribution < -0.4 is 15.8 Å². The number of nitrogen functional groups attached to an aromatic ring is 1. The predicted molar refractivity (Wildman–Crippen MR) is 140 cm³/mol. The molecule has 37 heavy (non-hydrogen) atoms. The molecule has 202 valence electrons. The number of nitrogens with one attached hydrogen (secondary N) is 1. The topological polar surface area (TPSA) is 140 Å². The summed E-state index contributed by atoms with van der Waals surface area (Å²) in [6.45, 7) is 3.64. The lowest BCUT2D eigenvalue weighted by Gasteiger charge is -2.31. The highest BCUT2D eigenvalue weighted by Crippen LogP contribution is 2.30. The van der Waals surface area contributed by atoms with Gasteiger partial charge in [-0.2, -0.15) is 4.31 Å². The molecule has 1 heterocycles. The van der Waals surface area contributed by atoms with Gasteiger partial charge in [-0.25, -0.2) is 8.42 Å². The second kappa shape index (κ2) is 12.9. The zero-order valence-corrected chi connectivity index (χ0v) is 22.1. The third-order valence-corrected chi connectivity index (χ3v) is 7.98. The van der Waals surface area contributed by atoms with Crippen LogP contribution in [0.5, 0.6) is 5.75 Å². The molecule has 0 saturated heterocycles. The van der Waals surface area contributed by atoms with Crippen LogP contribution in [0.3, 0.4) is 0 Å². The minimum atomic E-state index is -3.87. The lowest BCUT2D eigenvalue weighted by atomic mass is 9.90. The van der Waals surface area contributed by atoms with Gasteiger partial charge < -0.3 is 30.4 Å². The molecule has 0 aliphatic carbocycles. The highest BCUT2D eigenvalue weighted by atomic mass is 32.2. The van der Waals surface area contributed by atoms with E-state index in [0.29, 0.717) is 23.5 Å². The van der Waals surface area contributed by atoms with Crippen molar-refractivity contribution < 1.29 is 32.5 Å². The van der Waals surface area contributed by atoms with Crippen molar-refractivity contribution in [3.05, 3.63) is 60.4 Å². The van der Waals surface area contributed by atoms with E-state index in [9.17, 15) is 18.3 Å². The SMILES string of the molecule is COc1ccc(S(=O)(=O)N(CCO)CCOC2CC(C(C)C)C=C(C(=O)Nc3ccccc3N)O2)cc1. The van der Waals surface area contributed by atoms with Gasteiger partial charge in [-0.05, 0) is 54.3 Å². The van der Waals surface area contributed by atoms with E-state index in [1.165, 1.54) is 19.2 Å². The number of nitrogens with two attached hydrogens (primary N) is 1. The number of para-hydroxylation sites is 2. The summed E-state index contributed by atoms with van der Waals surface area (Å²) < 4.78 is 44.2. The summed E-state index contributed by atoms with van der Waals surface area (Å²) >= 11 is 0. The van der Waals surface area contributed by atoms with E-state index >= 15 is 0 Å². The number of allylic oxidation sites excluding steroid dienone is 1. The van der Waals surface area contributed by atoms with Gasteiger partial charge in [-0.1, -0.05) is 26.0 Å². The average molecular weight is 534 g/mol. The van der Waals surface area contributed by atoms with Crippen molar-refractivity contribution >= 4 is 27.3 Å². The van der Waals surface area contributed by atoms with Gasteiger partial charge in [-0.15, -0.1) is 0 Å². The van der Waals surface area contributed by atoms with Crippen LogP contribution in [0.4, 0.5) is 11.4 Å². The fourth-order valence-corrected chi connectivity index (χ4v) is 5.27. The molecule has 3 rings (SSSR count). The fraction of sp³-hybridized carbons (Fsp3) is 0.423. The Hall–Kier alpha value is -3.12. The molecule has 0 radical (unpaired) electrons. The number of hydrogen-bond acceptors (Lipinski definition) is 8. The number of anilines is 2. The summed E-state index contributed by atoms with van der Waals surface area (Å²) in [5.41, 5.74) is 6.84. The Morgan fingerprint density at radius 1 is 1.19 bits per heavy atom. The highest BCUT2D eigenvalue weighted by Gasteiger charge is 2.30. The second-order valence-corrected chi connectivity index (χ2v) is 10.9. The first-order chi connectivity index (χ1) is 17.6. The van der Waals surface area contributed by atoms with Gasteiger partial charge in [0.15, 0.2) is 5.76 Å². The first kappa shape index (κ1) is 28.5. The molecule has 1 amide bonds. The molecule has 2 atom stereocenters. The number of carbonyl (C=O) groups excluding carboxylic acids is 1. The third kappa shape index (κ3) is 7.45. The van der Waals surface area contributed by atoms with E-state index in [4.69, 9.17) is 19.9 Å². The summed E-state index contributed by atoms with van der Waals surface area (Å²) in [7, 11) is -2.37. The number of aliphatic hydroxyl groups is 1. The Labute approximate surface area is 218 Å². The third-order valence-electron chi connectivity index (χ3n) is 6.07. The number of nitrogens with zero attached hydrogens (tertiary/aromatic N) is 1. The lowest BCUT2D eigenvalue weighted by molar-refractivity contribution is -0.148. The van der Waals surface area contributed by atoms with Crippen LogP contribution in [-0.4, -0.2) is 63.4 Å². The van der Waals surface area contributed by atoms with Crippen molar-refractivity contribution in [2.75, 3.05) is 44.5 Å². The molecule has 0 aromatic heterocycles. The van der Waals surface area contributed by atoms with Crippen LogP contribution in [0.1, 0.15) is 20.3 Å². The van der Waals surface area contributed by atoms with E-state index in [0.717, 1.165) is 4.31 Å². The summed E-state index contributed by atoms with van der Waals surface area (Å²) in [4.78, 5) is 13.0. The van der Waals surface area contributed by atoms with Gasteiger partial charge >= 0.3 is 0 Å².